The third kappa shape index (κ3) is 3.61. The fraction of sp³-hybridized carbons (Fsp3) is 0.0500. The van der Waals surface area contributed by atoms with Crippen molar-refractivity contribution in [3.8, 4) is 11.3 Å². The first-order valence-corrected chi connectivity index (χ1v) is 8.70. The summed E-state index contributed by atoms with van der Waals surface area (Å²) in [6, 6.07) is 16.9. The maximum atomic E-state index is 6.13. The van der Waals surface area contributed by atoms with Gasteiger partial charge >= 0.3 is 0 Å². The van der Waals surface area contributed by atoms with Crippen LogP contribution in [0.3, 0.4) is 0 Å². The normalized spacial score (nSPS) is 10.9. The minimum atomic E-state index is 0.174. The molecule has 0 amide bonds. The number of nitrogens with two attached hydrogens (primary N) is 2. The molecule has 7 heteroatoms. The van der Waals surface area contributed by atoms with Gasteiger partial charge in [-0.15, -0.1) is 0 Å². The molecule has 4 rings (SSSR count). The number of nitrogen functional groups attached to an aromatic ring is 2. The van der Waals surface area contributed by atoms with E-state index in [9.17, 15) is 0 Å². The lowest BCUT2D eigenvalue weighted by molar-refractivity contribution is 1.19. The van der Waals surface area contributed by atoms with Crippen molar-refractivity contribution >= 4 is 45.6 Å². The van der Waals surface area contributed by atoms with Crippen LogP contribution >= 0.6 is 11.6 Å². The van der Waals surface area contributed by atoms with E-state index in [1.165, 1.54) is 0 Å². The largest absolute Gasteiger partial charge is 0.398 e. The molecular formula is C20H17ClN6. The SMILES string of the molecule is Cc1cc(N)c2cc(Nc3cc(-c4cccc(Cl)c4)nc(N)n3)ccc2n1. The zero-order chi connectivity index (χ0) is 19.0. The third-order valence-corrected chi connectivity index (χ3v) is 4.34. The van der Waals surface area contributed by atoms with E-state index in [0.29, 0.717) is 22.2 Å². The van der Waals surface area contributed by atoms with Crippen LogP contribution in [0, 0.1) is 6.92 Å². The highest BCUT2D eigenvalue weighted by molar-refractivity contribution is 6.30. The Labute approximate surface area is 161 Å². The number of aromatic nitrogens is 3. The molecule has 134 valence electrons. The molecule has 0 unspecified atom stereocenters. The summed E-state index contributed by atoms with van der Waals surface area (Å²) in [5.41, 5.74) is 16.8. The average Bonchev–Trinajstić information content (AvgIpc) is 2.62. The van der Waals surface area contributed by atoms with E-state index >= 15 is 0 Å². The Kier molecular flexibility index (Phi) is 4.25. The zero-order valence-corrected chi connectivity index (χ0v) is 15.3. The molecule has 0 radical (unpaired) electrons. The van der Waals surface area contributed by atoms with E-state index in [1.807, 2.05) is 61.5 Å². The molecule has 0 bridgehead atoms. The van der Waals surface area contributed by atoms with Crippen molar-refractivity contribution in [2.24, 2.45) is 0 Å². The van der Waals surface area contributed by atoms with Crippen LogP contribution in [0.1, 0.15) is 5.69 Å². The third-order valence-electron chi connectivity index (χ3n) is 4.10. The van der Waals surface area contributed by atoms with E-state index in [1.54, 1.807) is 0 Å². The summed E-state index contributed by atoms with van der Waals surface area (Å²) in [5, 5.41) is 4.77. The molecule has 6 nitrogen and oxygen atoms in total. The van der Waals surface area contributed by atoms with Gasteiger partial charge in [-0.25, -0.2) is 4.98 Å². The minimum Gasteiger partial charge on any atom is -0.398 e. The van der Waals surface area contributed by atoms with Gasteiger partial charge in [0.1, 0.15) is 5.82 Å². The number of hydrogen-bond donors (Lipinski definition) is 3. The summed E-state index contributed by atoms with van der Waals surface area (Å²) in [6.45, 7) is 1.92. The van der Waals surface area contributed by atoms with Gasteiger partial charge in [0.25, 0.3) is 0 Å². The molecular weight excluding hydrogens is 360 g/mol. The summed E-state index contributed by atoms with van der Waals surface area (Å²) in [6.07, 6.45) is 0. The van der Waals surface area contributed by atoms with E-state index < -0.39 is 0 Å². The van der Waals surface area contributed by atoms with Crippen molar-refractivity contribution in [3.63, 3.8) is 0 Å². The topological polar surface area (TPSA) is 103 Å². The first-order chi connectivity index (χ1) is 13.0. The standard InChI is InChI=1S/C20H17ClN6/c1-11-7-16(22)15-9-14(5-6-17(15)24-11)25-19-10-18(26-20(23)27-19)12-3-2-4-13(21)8-12/h2-10H,1H3,(H2,22,24)(H3,23,25,26,27). The smallest absolute Gasteiger partial charge is 0.222 e. The maximum absolute atomic E-state index is 6.13. The van der Waals surface area contributed by atoms with Gasteiger partial charge < -0.3 is 16.8 Å². The Bertz CT molecular complexity index is 1160. The van der Waals surface area contributed by atoms with Gasteiger partial charge in [-0.2, -0.15) is 4.98 Å². The van der Waals surface area contributed by atoms with E-state index in [-0.39, 0.29) is 5.95 Å². The monoisotopic (exact) mass is 376 g/mol. The van der Waals surface area contributed by atoms with Gasteiger partial charge in [-0.05, 0) is 43.3 Å². The fourth-order valence-corrected chi connectivity index (χ4v) is 3.13. The van der Waals surface area contributed by atoms with Crippen molar-refractivity contribution in [3.05, 3.63) is 65.3 Å². The number of fused-ring (bicyclic) bond motifs is 1. The van der Waals surface area contributed by atoms with Crippen molar-refractivity contribution in [1.82, 2.24) is 15.0 Å². The van der Waals surface area contributed by atoms with Gasteiger partial charge in [0.15, 0.2) is 0 Å². The minimum absolute atomic E-state index is 0.174. The highest BCUT2D eigenvalue weighted by atomic mass is 35.5. The Hall–Kier alpha value is -3.38. The fourth-order valence-electron chi connectivity index (χ4n) is 2.94. The predicted octanol–water partition coefficient (Wildman–Crippen LogP) is 4.56. The highest BCUT2D eigenvalue weighted by Crippen LogP contribution is 2.28. The van der Waals surface area contributed by atoms with Crippen LogP contribution in [-0.4, -0.2) is 15.0 Å². The lowest BCUT2D eigenvalue weighted by Gasteiger charge is -2.10. The quantitative estimate of drug-likeness (QED) is 0.484. The second-order valence-electron chi connectivity index (χ2n) is 6.22. The Morgan fingerprint density at radius 1 is 0.926 bits per heavy atom. The van der Waals surface area contributed by atoms with E-state index in [0.717, 1.165) is 27.8 Å². The molecule has 0 saturated carbocycles. The summed E-state index contributed by atoms with van der Waals surface area (Å²) >= 11 is 6.08. The Morgan fingerprint density at radius 3 is 2.59 bits per heavy atom. The van der Waals surface area contributed by atoms with Crippen molar-refractivity contribution in [2.75, 3.05) is 16.8 Å². The Balaban J connectivity index is 1.71. The predicted molar refractivity (Wildman–Crippen MR) is 111 cm³/mol. The van der Waals surface area contributed by atoms with Crippen LogP contribution < -0.4 is 16.8 Å². The van der Waals surface area contributed by atoms with Gasteiger partial charge in [0.05, 0.1) is 11.2 Å². The van der Waals surface area contributed by atoms with Crippen molar-refractivity contribution in [2.45, 2.75) is 6.92 Å². The van der Waals surface area contributed by atoms with Gasteiger partial charge in [0, 0.05) is 39.1 Å². The number of anilines is 4. The van der Waals surface area contributed by atoms with E-state index in [4.69, 9.17) is 23.1 Å². The van der Waals surface area contributed by atoms with Crippen molar-refractivity contribution in [1.29, 1.82) is 0 Å². The molecule has 2 aromatic carbocycles. The second kappa shape index (κ2) is 6.74. The van der Waals surface area contributed by atoms with Crippen LogP contribution in [-0.2, 0) is 0 Å². The molecule has 0 aliphatic rings. The number of benzene rings is 2. The number of pyridine rings is 1. The molecule has 27 heavy (non-hydrogen) atoms. The molecule has 4 aromatic rings. The van der Waals surface area contributed by atoms with Crippen LogP contribution in [0.5, 0.6) is 0 Å². The number of nitrogens with one attached hydrogen (secondary N) is 1. The van der Waals surface area contributed by atoms with Crippen LogP contribution in [0.2, 0.25) is 5.02 Å². The lowest BCUT2D eigenvalue weighted by atomic mass is 10.1. The number of hydrogen-bond acceptors (Lipinski definition) is 6. The maximum Gasteiger partial charge on any atom is 0.222 e. The zero-order valence-electron chi connectivity index (χ0n) is 14.6. The lowest BCUT2D eigenvalue weighted by Crippen LogP contribution is -2.02. The molecule has 0 atom stereocenters. The Morgan fingerprint density at radius 2 is 1.78 bits per heavy atom. The number of rotatable bonds is 3. The number of nitrogens with zero attached hydrogens (tertiary/aromatic N) is 3. The first-order valence-electron chi connectivity index (χ1n) is 8.32. The van der Waals surface area contributed by atoms with Gasteiger partial charge in [-0.1, -0.05) is 23.7 Å². The molecule has 5 N–H and O–H groups in total. The number of halogens is 1. The molecule has 0 fully saturated rings. The second-order valence-corrected chi connectivity index (χ2v) is 6.65. The summed E-state index contributed by atoms with van der Waals surface area (Å²) < 4.78 is 0. The molecule has 0 saturated heterocycles. The highest BCUT2D eigenvalue weighted by Gasteiger charge is 2.08. The van der Waals surface area contributed by atoms with Crippen LogP contribution in [0.4, 0.5) is 23.1 Å². The summed E-state index contributed by atoms with van der Waals surface area (Å²) in [4.78, 5) is 13.1. The first kappa shape index (κ1) is 17.1. The molecule has 2 aromatic heterocycles. The summed E-state index contributed by atoms with van der Waals surface area (Å²) in [7, 11) is 0. The molecule has 2 heterocycles. The van der Waals surface area contributed by atoms with Crippen molar-refractivity contribution < 1.29 is 0 Å². The number of aryl methyl sites for hydroxylation is 1. The van der Waals surface area contributed by atoms with Crippen LogP contribution in [0.25, 0.3) is 22.2 Å². The van der Waals surface area contributed by atoms with Gasteiger partial charge in [-0.3, -0.25) is 4.98 Å². The van der Waals surface area contributed by atoms with Crippen LogP contribution in [0.15, 0.2) is 54.6 Å². The van der Waals surface area contributed by atoms with E-state index in [2.05, 4.69) is 20.3 Å². The average molecular weight is 377 g/mol. The van der Waals surface area contributed by atoms with Gasteiger partial charge in [0.2, 0.25) is 5.95 Å². The molecule has 0 aliphatic heterocycles. The molecule has 0 aliphatic carbocycles. The molecule has 0 spiro atoms. The summed E-state index contributed by atoms with van der Waals surface area (Å²) in [5.74, 6) is 0.753.